The molecule has 3 aromatic heterocycles. The number of nitrogens with one attached hydrogen (secondary N) is 2. The molecule has 3 fully saturated rings. The molecule has 12 heteroatoms. The quantitative estimate of drug-likeness (QED) is 0.138. The Morgan fingerprint density at radius 1 is 1.04 bits per heavy atom. The van der Waals surface area contributed by atoms with E-state index in [-0.39, 0.29) is 18.2 Å². The molecule has 4 atom stereocenters. The molecule has 4 heterocycles. The summed E-state index contributed by atoms with van der Waals surface area (Å²) in [5.74, 6) is 3.86. The highest BCUT2D eigenvalue weighted by atomic mass is 79.9. The third-order valence-corrected chi connectivity index (χ3v) is 11.5. The number of nitrogens with zero attached hydrogens (tertiary/aromatic N) is 5. The number of methoxy groups -OCH3 is 2. The number of aromatic amines is 1. The molecule has 0 bridgehead atoms. The Kier molecular flexibility index (Phi) is 8.99. The Labute approximate surface area is 301 Å². The SMILES string of the molecule is COc1ccc(CNc2ncnc3c2ccn3C2CC(CN(C)C3CC(CCc4nc5ccc(Br)cc5[nH]4)C3)C3OC(C)(C)OC32)c(OC)c1. The van der Waals surface area contributed by atoms with Crippen LogP contribution in [0.1, 0.15) is 57.0 Å². The van der Waals surface area contributed by atoms with Gasteiger partial charge in [0.1, 0.15) is 41.2 Å². The maximum absolute atomic E-state index is 6.61. The number of hydrogen-bond donors (Lipinski definition) is 2. The first kappa shape index (κ1) is 33.4. The van der Waals surface area contributed by atoms with Crippen LogP contribution in [0.15, 0.2) is 59.5 Å². The smallest absolute Gasteiger partial charge is 0.163 e. The lowest BCUT2D eigenvalue weighted by Gasteiger charge is -2.42. The largest absolute Gasteiger partial charge is 0.497 e. The first-order valence-electron chi connectivity index (χ1n) is 17.6. The number of aromatic nitrogens is 5. The molecular formula is C38H46BrN7O4. The van der Waals surface area contributed by atoms with Gasteiger partial charge in [0.05, 0.1) is 42.8 Å². The van der Waals surface area contributed by atoms with Crippen molar-refractivity contribution < 1.29 is 18.9 Å². The molecule has 50 heavy (non-hydrogen) atoms. The molecule has 5 aromatic rings. The first-order valence-corrected chi connectivity index (χ1v) is 18.4. The summed E-state index contributed by atoms with van der Waals surface area (Å²) in [5.41, 5.74) is 4.04. The molecule has 1 saturated heterocycles. The fourth-order valence-corrected chi connectivity index (χ4v) is 8.73. The van der Waals surface area contributed by atoms with Gasteiger partial charge in [0.2, 0.25) is 0 Å². The summed E-state index contributed by atoms with van der Waals surface area (Å²) in [4.78, 5) is 20.2. The lowest BCUT2D eigenvalue weighted by atomic mass is 9.76. The highest BCUT2D eigenvalue weighted by Crippen LogP contribution is 2.48. The average Bonchev–Trinajstić information content (AvgIpc) is 3.84. The molecule has 2 N–H and O–H groups in total. The van der Waals surface area contributed by atoms with Crippen LogP contribution in [0.4, 0.5) is 5.82 Å². The Morgan fingerprint density at radius 2 is 1.88 bits per heavy atom. The number of hydrogen-bond acceptors (Lipinski definition) is 9. The van der Waals surface area contributed by atoms with Crippen LogP contribution in [0.2, 0.25) is 0 Å². The molecule has 2 aromatic carbocycles. The van der Waals surface area contributed by atoms with Crippen LogP contribution >= 0.6 is 15.9 Å². The van der Waals surface area contributed by atoms with Crippen molar-refractivity contribution in [1.82, 2.24) is 29.4 Å². The fraction of sp³-hybridized carbons (Fsp3) is 0.500. The van der Waals surface area contributed by atoms with Crippen molar-refractivity contribution in [3.63, 3.8) is 0 Å². The number of imidazole rings is 1. The van der Waals surface area contributed by atoms with Crippen LogP contribution in [0.25, 0.3) is 22.1 Å². The van der Waals surface area contributed by atoms with Gasteiger partial charge >= 0.3 is 0 Å². The number of anilines is 1. The van der Waals surface area contributed by atoms with Gasteiger partial charge in [-0.25, -0.2) is 15.0 Å². The van der Waals surface area contributed by atoms with Crippen molar-refractivity contribution in [3.05, 3.63) is 70.8 Å². The molecule has 1 aliphatic heterocycles. The van der Waals surface area contributed by atoms with Gasteiger partial charge < -0.3 is 38.7 Å². The summed E-state index contributed by atoms with van der Waals surface area (Å²) in [6, 6.07) is 14.9. The average molecular weight is 745 g/mol. The molecule has 4 unspecified atom stereocenters. The van der Waals surface area contributed by atoms with Crippen LogP contribution in [0.5, 0.6) is 11.5 Å². The highest BCUT2D eigenvalue weighted by Gasteiger charge is 2.55. The topological polar surface area (TPSA) is 112 Å². The zero-order valence-electron chi connectivity index (χ0n) is 29.4. The number of fused-ring (bicyclic) bond motifs is 3. The molecule has 0 radical (unpaired) electrons. The molecular weight excluding hydrogens is 698 g/mol. The van der Waals surface area contributed by atoms with E-state index in [0.29, 0.717) is 18.5 Å². The van der Waals surface area contributed by atoms with Gasteiger partial charge in [-0.3, -0.25) is 0 Å². The van der Waals surface area contributed by atoms with Gasteiger partial charge in [-0.2, -0.15) is 0 Å². The van der Waals surface area contributed by atoms with Gasteiger partial charge in [-0.15, -0.1) is 0 Å². The number of ether oxygens (including phenoxy) is 4. The van der Waals surface area contributed by atoms with E-state index in [0.717, 1.165) is 80.5 Å². The van der Waals surface area contributed by atoms with E-state index in [1.165, 1.54) is 19.3 Å². The van der Waals surface area contributed by atoms with Crippen molar-refractivity contribution in [1.29, 1.82) is 0 Å². The standard InChI is InChI=1S/C38H46BrN7O4/c1-38(2)49-34-24(20-45(3)26-14-22(15-26)6-11-33-43-29-10-8-25(39)17-30(29)44-33)16-31(35(34)50-38)46-13-12-28-36(41-21-42-37(28)46)40-19-23-7-9-27(47-4)18-32(23)48-5/h7-10,12-13,17-18,21-22,24,26,31,34-35H,6,11,14-16,19-20H2,1-5H3,(H,43,44)(H,40,41,42). The third kappa shape index (κ3) is 6.47. The lowest BCUT2D eigenvalue weighted by molar-refractivity contribution is -0.161. The maximum Gasteiger partial charge on any atom is 0.163 e. The Morgan fingerprint density at radius 3 is 2.70 bits per heavy atom. The number of benzene rings is 2. The van der Waals surface area contributed by atoms with Gasteiger partial charge in [-0.1, -0.05) is 15.9 Å². The Balaban J connectivity index is 0.918. The minimum absolute atomic E-state index is 0.0286. The van der Waals surface area contributed by atoms with Crippen molar-refractivity contribution in [2.24, 2.45) is 11.8 Å². The van der Waals surface area contributed by atoms with Gasteiger partial charge in [0.15, 0.2) is 5.79 Å². The van der Waals surface area contributed by atoms with Crippen LogP contribution in [-0.2, 0) is 22.4 Å². The van der Waals surface area contributed by atoms with E-state index in [4.69, 9.17) is 28.9 Å². The summed E-state index contributed by atoms with van der Waals surface area (Å²) < 4.78 is 27.6. The Bertz CT molecular complexity index is 1990. The highest BCUT2D eigenvalue weighted by molar-refractivity contribution is 9.10. The van der Waals surface area contributed by atoms with Crippen LogP contribution in [0.3, 0.4) is 0 Å². The predicted molar refractivity (Wildman–Crippen MR) is 197 cm³/mol. The van der Waals surface area contributed by atoms with E-state index in [9.17, 15) is 0 Å². The maximum atomic E-state index is 6.61. The zero-order chi connectivity index (χ0) is 34.6. The zero-order valence-corrected chi connectivity index (χ0v) is 30.9. The van der Waals surface area contributed by atoms with E-state index >= 15 is 0 Å². The van der Waals surface area contributed by atoms with Crippen molar-refractivity contribution >= 4 is 43.8 Å². The summed E-state index contributed by atoms with van der Waals surface area (Å²) in [6.07, 6.45) is 9.34. The molecule has 3 aliphatic rings. The van der Waals surface area contributed by atoms with Crippen molar-refractivity contribution in [2.75, 3.05) is 33.1 Å². The minimum atomic E-state index is -0.624. The minimum Gasteiger partial charge on any atom is -0.497 e. The second-order valence-electron chi connectivity index (χ2n) is 14.7. The third-order valence-electron chi connectivity index (χ3n) is 11.0. The summed E-state index contributed by atoms with van der Waals surface area (Å²) in [6.45, 7) is 5.60. The van der Waals surface area contributed by atoms with Gasteiger partial charge in [0, 0.05) is 53.8 Å². The van der Waals surface area contributed by atoms with E-state index in [1.54, 1.807) is 20.5 Å². The van der Waals surface area contributed by atoms with Crippen LogP contribution in [-0.4, -0.2) is 81.3 Å². The second-order valence-corrected chi connectivity index (χ2v) is 15.6. The Hall–Kier alpha value is -3.71. The monoisotopic (exact) mass is 743 g/mol. The van der Waals surface area contributed by atoms with Crippen molar-refractivity contribution in [3.8, 4) is 11.5 Å². The van der Waals surface area contributed by atoms with E-state index < -0.39 is 5.79 Å². The molecule has 2 aliphatic carbocycles. The molecule has 8 rings (SSSR count). The van der Waals surface area contributed by atoms with Gasteiger partial charge in [0.25, 0.3) is 0 Å². The molecule has 0 amide bonds. The van der Waals surface area contributed by atoms with Crippen LogP contribution < -0.4 is 14.8 Å². The molecule has 264 valence electrons. The number of halogens is 1. The van der Waals surface area contributed by atoms with Crippen LogP contribution in [0, 0.1) is 11.8 Å². The van der Waals surface area contributed by atoms with E-state index in [2.05, 4.69) is 72.1 Å². The predicted octanol–water partition coefficient (Wildman–Crippen LogP) is 7.12. The molecule has 11 nitrogen and oxygen atoms in total. The molecule has 0 spiro atoms. The second kappa shape index (κ2) is 13.4. The number of aryl methyl sites for hydroxylation is 1. The normalized spacial score (nSPS) is 25.7. The lowest BCUT2D eigenvalue weighted by Crippen LogP contribution is -2.46. The fourth-order valence-electron chi connectivity index (χ4n) is 8.37. The van der Waals surface area contributed by atoms with E-state index in [1.807, 2.05) is 38.1 Å². The number of rotatable bonds is 12. The number of H-pyrrole nitrogens is 1. The summed E-state index contributed by atoms with van der Waals surface area (Å²) in [7, 11) is 5.61. The molecule has 2 saturated carbocycles. The van der Waals surface area contributed by atoms with Gasteiger partial charge in [-0.05, 0) is 88.9 Å². The summed E-state index contributed by atoms with van der Waals surface area (Å²) >= 11 is 3.56. The van der Waals surface area contributed by atoms with Crippen molar-refractivity contribution in [2.45, 2.75) is 82.6 Å². The first-order chi connectivity index (χ1) is 24.2. The summed E-state index contributed by atoms with van der Waals surface area (Å²) in [5, 5.41) is 4.49.